The van der Waals surface area contributed by atoms with E-state index in [0.717, 1.165) is 43.9 Å². The van der Waals surface area contributed by atoms with Gasteiger partial charge in [-0.2, -0.15) is 0 Å². The van der Waals surface area contributed by atoms with Gasteiger partial charge in [-0.15, -0.1) is 0 Å². The van der Waals surface area contributed by atoms with Gasteiger partial charge in [-0.3, -0.25) is 0 Å². The number of benzene rings is 5. The zero-order valence-corrected chi connectivity index (χ0v) is 22.7. The second-order valence-corrected chi connectivity index (χ2v) is 11.0. The SMILES string of the molecule is Cc1cc(C)c(-c2ccc3oc4c(ccc5c6cc(-c7c(C)cc(C)cc7C)ccc6oc54)c3c2)c(C)c1. The molecule has 2 aromatic heterocycles. The van der Waals surface area contributed by atoms with E-state index < -0.39 is 0 Å². The van der Waals surface area contributed by atoms with Crippen molar-refractivity contribution in [2.75, 3.05) is 0 Å². The first-order valence-electron chi connectivity index (χ1n) is 13.3. The van der Waals surface area contributed by atoms with Crippen LogP contribution in [0.25, 0.3) is 66.1 Å². The van der Waals surface area contributed by atoms with E-state index in [1.54, 1.807) is 0 Å². The summed E-state index contributed by atoms with van der Waals surface area (Å²) in [6.45, 7) is 13.1. The number of hydrogen-bond acceptors (Lipinski definition) is 2. The lowest BCUT2D eigenvalue weighted by Crippen LogP contribution is -1.90. The van der Waals surface area contributed by atoms with E-state index in [4.69, 9.17) is 8.83 Å². The molecule has 7 aromatic rings. The Morgan fingerprint density at radius 2 is 0.763 bits per heavy atom. The van der Waals surface area contributed by atoms with Gasteiger partial charge in [0.15, 0.2) is 11.2 Å². The molecule has 0 aliphatic carbocycles. The number of aryl methyl sites for hydroxylation is 6. The Bertz CT molecular complexity index is 1880. The van der Waals surface area contributed by atoms with E-state index in [-0.39, 0.29) is 0 Å². The third kappa shape index (κ3) is 3.33. The lowest BCUT2D eigenvalue weighted by atomic mass is 9.92. The largest absolute Gasteiger partial charge is 0.452 e. The molecule has 5 aromatic carbocycles. The van der Waals surface area contributed by atoms with E-state index in [2.05, 4.69) is 114 Å². The molecule has 0 saturated carbocycles. The van der Waals surface area contributed by atoms with Crippen molar-refractivity contribution in [2.24, 2.45) is 0 Å². The highest BCUT2D eigenvalue weighted by Gasteiger charge is 2.18. The van der Waals surface area contributed by atoms with E-state index in [0.29, 0.717) is 0 Å². The van der Waals surface area contributed by atoms with Crippen LogP contribution < -0.4 is 0 Å². The first-order chi connectivity index (χ1) is 18.3. The van der Waals surface area contributed by atoms with Crippen LogP contribution in [-0.2, 0) is 0 Å². The van der Waals surface area contributed by atoms with Gasteiger partial charge in [0, 0.05) is 21.5 Å². The highest BCUT2D eigenvalue weighted by Crippen LogP contribution is 2.41. The standard InChI is InChI=1S/C36H30O2/c1-19-13-21(3)33(22(4)14-19)25-7-11-31-29(17-25)27-9-10-28-30-18-26(34-23(5)15-20(2)16-24(34)6)8-12-32(30)38-36(28)35(27)37-31/h7-18H,1-6H3. The van der Waals surface area contributed by atoms with Crippen molar-refractivity contribution in [3.05, 3.63) is 106 Å². The molecule has 0 aliphatic rings. The minimum Gasteiger partial charge on any atom is -0.452 e. The monoisotopic (exact) mass is 494 g/mol. The average molecular weight is 495 g/mol. The van der Waals surface area contributed by atoms with Crippen LogP contribution in [0.1, 0.15) is 33.4 Å². The van der Waals surface area contributed by atoms with Crippen LogP contribution in [0.4, 0.5) is 0 Å². The topological polar surface area (TPSA) is 26.3 Å². The Balaban J connectivity index is 1.44. The summed E-state index contributed by atoms with van der Waals surface area (Å²) in [6, 6.07) is 26.5. The van der Waals surface area contributed by atoms with Gasteiger partial charge in [-0.25, -0.2) is 0 Å². The van der Waals surface area contributed by atoms with Crippen molar-refractivity contribution in [1.82, 2.24) is 0 Å². The third-order valence-electron chi connectivity index (χ3n) is 8.01. The van der Waals surface area contributed by atoms with Gasteiger partial charge in [0.2, 0.25) is 0 Å². The Morgan fingerprint density at radius 1 is 0.395 bits per heavy atom. The molecule has 0 aliphatic heterocycles. The van der Waals surface area contributed by atoms with Crippen LogP contribution in [0, 0.1) is 41.5 Å². The molecule has 0 radical (unpaired) electrons. The lowest BCUT2D eigenvalue weighted by molar-refractivity contribution is 0.633. The smallest absolute Gasteiger partial charge is 0.178 e. The van der Waals surface area contributed by atoms with Crippen molar-refractivity contribution in [1.29, 1.82) is 0 Å². The highest BCUT2D eigenvalue weighted by molar-refractivity contribution is 6.19. The molecule has 7 rings (SSSR count). The number of rotatable bonds is 2. The molecule has 0 amide bonds. The van der Waals surface area contributed by atoms with Crippen molar-refractivity contribution >= 4 is 43.9 Å². The number of hydrogen-bond donors (Lipinski definition) is 0. The van der Waals surface area contributed by atoms with Crippen molar-refractivity contribution < 1.29 is 8.83 Å². The van der Waals surface area contributed by atoms with Crippen LogP contribution in [0.2, 0.25) is 0 Å². The fourth-order valence-corrected chi connectivity index (χ4v) is 6.65. The van der Waals surface area contributed by atoms with Crippen LogP contribution >= 0.6 is 0 Å². The van der Waals surface area contributed by atoms with Crippen molar-refractivity contribution in [2.45, 2.75) is 41.5 Å². The summed E-state index contributed by atoms with van der Waals surface area (Å²) in [5.41, 5.74) is 16.2. The number of furan rings is 2. The fraction of sp³-hybridized carbons (Fsp3) is 0.167. The normalized spacial score (nSPS) is 11.9. The second-order valence-electron chi connectivity index (χ2n) is 11.0. The minimum atomic E-state index is 0.812. The molecule has 2 nitrogen and oxygen atoms in total. The summed E-state index contributed by atoms with van der Waals surface area (Å²) >= 11 is 0. The predicted octanol–water partition coefficient (Wildman–Crippen LogP) is 10.7. The Kier molecular flexibility index (Phi) is 4.87. The first kappa shape index (κ1) is 22.9. The second kappa shape index (κ2) is 8.10. The summed E-state index contributed by atoms with van der Waals surface area (Å²) in [5.74, 6) is 0. The summed E-state index contributed by atoms with van der Waals surface area (Å²) in [5, 5.41) is 4.40. The molecular formula is C36H30O2. The Morgan fingerprint density at radius 3 is 1.13 bits per heavy atom. The molecule has 0 unspecified atom stereocenters. The van der Waals surface area contributed by atoms with Gasteiger partial charge < -0.3 is 8.83 Å². The van der Waals surface area contributed by atoms with Gasteiger partial charge in [0.05, 0.1) is 0 Å². The third-order valence-corrected chi connectivity index (χ3v) is 8.01. The van der Waals surface area contributed by atoms with E-state index >= 15 is 0 Å². The van der Waals surface area contributed by atoms with Crippen LogP contribution in [0.15, 0.2) is 81.6 Å². The van der Waals surface area contributed by atoms with Gasteiger partial charge >= 0.3 is 0 Å². The molecule has 0 saturated heterocycles. The van der Waals surface area contributed by atoms with Gasteiger partial charge in [-0.05, 0) is 122 Å². The molecule has 0 N–H and O–H groups in total. The summed E-state index contributed by atoms with van der Waals surface area (Å²) < 4.78 is 12.9. The van der Waals surface area contributed by atoms with Crippen molar-refractivity contribution in [3.63, 3.8) is 0 Å². The summed E-state index contributed by atoms with van der Waals surface area (Å²) in [7, 11) is 0. The summed E-state index contributed by atoms with van der Waals surface area (Å²) in [6.07, 6.45) is 0. The van der Waals surface area contributed by atoms with E-state index in [1.165, 1.54) is 55.6 Å². The van der Waals surface area contributed by atoms with E-state index in [1.807, 2.05) is 0 Å². The molecule has 0 spiro atoms. The number of fused-ring (bicyclic) bond motifs is 7. The molecule has 0 fully saturated rings. The lowest BCUT2D eigenvalue weighted by Gasteiger charge is -2.11. The van der Waals surface area contributed by atoms with E-state index in [9.17, 15) is 0 Å². The molecule has 2 heterocycles. The zero-order chi connectivity index (χ0) is 26.3. The molecule has 186 valence electrons. The molecule has 2 heteroatoms. The summed E-state index contributed by atoms with van der Waals surface area (Å²) in [4.78, 5) is 0. The maximum absolute atomic E-state index is 6.44. The van der Waals surface area contributed by atoms with Crippen LogP contribution in [-0.4, -0.2) is 0 Å². The minimum absolute atomic E-state index is 0.812. The highest BCUT2D eigenvalue weighted by atomic mass is 16.4. The fourth-order valence-electron chi connectivity index (χ4n) is 6.65. The van der Waals surface area contributed by atoms with Gasteiger partial charge in [-0.1, -0.05) is 47.5 Å². The van der Waals surface area contributed by atoms with Crippen molar-refractivity contribution in [3.8, 4) is 22.3 Å². The quantitative estimate of drug-likeness (QED) is 0.239. The zero-order valence-electron chi connectivity index (χ0n) is 22.7. The predicted molar refractivity (Wildman–Crippen MR) is 160 cm³/mol. The van der Waals surface area contributed by atoms with Crippen LogP contribution in [0.3, 0.4) is 0 Å². The van der Waals surface area contributed by atoms with Crippen LogP contribution in [0.5, 0.6) is 0 Å². The molecular weight excluding hydrogens is 464 g/mol. The molecule has 0 atom stereocenters. The van der Waals surface area contributed by atoms with Gasteiger partial charge in [0.25, 0.3) is 0 Å². The maximum Gasteiger partial charge on any atom is 0.178 e. The molecule has 38 heavy (non-hydrogen) atoms. The maximum atomic E-state index is 6.44. The average Bonchev–Trinajstić information content (AvgIpc) is 3.41. The Labute approximate surface area is 222 Å². The van der Waals surface area contributed by atoms with Gasteiger partial charge in [0.1, 0.15) is 11.2 Å². The first-order valence-corrected chi connectivity index (χ1v) is 13.3. The Hall–Kier alpha value is -4.30. The molecule has 0 bridgehead atoms.